The van der Waals surface area contributed by atoms with Gasteiger partial charge in [0.2, 0.25) is 0 Å². The van der Waals surface area contributed by atoms with Crippen molar-refractivity contribution in [3.8, 4) is 0 Å². The number of hydrogen-bond acceptors (Lipinski definition) is 2. The fraction of sp³-hybridized carbons (Fsp3) is 0.267. The molecule has 3 heteroatoms. The second kappa shape index (κ2) is 5.65. The Hall–Kier alpha value is -1.87. The number of ether oxygens (including phenoxy) is 1. The summed E-state index contributed by atoms with van der Waals surface area (Å²) in [5, 5.41) is 4.97. The van der Waals surface area contributed by atoms with Crippen LogP contribution in [0.4, 0.5) is 0 Å². The Morgan fingerprint density at radius 2 is 1.94 bits per heavy atom. The van der Waals surface area contributed by atoms with Crippen LogP contribution in [0.25, 0.3) is 10.8 Å². The van der Waals surface area contributed by atoms with Crippen molar-refractivity contribution in [3.63, 3.8) is 0 Å². The number of carbonyl (C=O) groups is 1. The molecule has 2 aromatic carbocycles. The normalized spacial score (nSPS) is 12.3. The SMILES string of the molecule is COCC(C)NC(=O)c1cccc2ccccc12. The van der Waals surface area contributed by atoms with Gasteiger partial charge in [0.25, 0.3) is 5.91 Å². The van der Waals surface area contributed by atoms with E-state index in [1.807, 2.05) is 49.4 Å². The number of methoxy groups -OCH3 is 1. The highest BCUT2D eigenvalue weighted by Crippen LogP contribution is 2.18. The number of rotatable bonds is 4. The van der Waals surface area contributed by atoms with Gasteiger partial charge >= 0.3 is 0 Å². The highest BCUT2D eigenvalue weighted by Gasteiger charge is 2.11. The molecule has 18 heavy (non-hydrogen) atoms. The van der Waals surface area contributed by atoms with Crippen molar-refractivity contribution in [2.45, 2.75) is 13.0 Å². The van der Waals surface area contributed by atoms with Gasteiger partial charge in [-0.1, -0.05) is 36.4 Å². The van der Waals surface area contributed by atoms with Crippen LogP contribution in [-0.4, -0.2) is 25.7 Å². The minimum absolute atomic E-state index is 0.00136. The largest absolute Gasteiger partial charge is 0.383 e. The van der Waals surface area contributed by atoms with Gasteiger partial charge in [0.1, 0.15) is 0 Å². The van der Waals surface area contributed by atoms with E-state index in [0.717, 1.165) is 10.8 Å². The molecule has 0 aliphatic heterocycles. The summed E-state index contributed by atoms with van der Waals surface area (Å²) in [5.41, 5.74) is 0.705. The van der Waals surface area contributed by atoms with Crippen molar-refractivity contribution in [1.82, 2.24) is 5.32 Å². The number of carbonyl (C=O) groups excluding carboxylic acids is 1. The standard InChI is InChI=1S/C15H17NO2/c1-11(10-18-2)16-15(17)14-9-5-7-12-6-3-4-8-13(12)14/h3-9,11H,10H2,1-2H3,(H,16,17). The van der Waals surface area contributed by atoms with Gasteiger partial charge in [-0.25, -0.2) is 0 Å². The molecule has 0 heterocycles. The third-order valence-corrected chi connectivity index (χ3v) is 2.83. The van der Waals surface area contributed by atoms with E-state index in [1.165, 1.54) is 0 Å². The van der Waals surface area contributed by atoms with Crippen LogP contribution in [0.5, 0.6) is 0 Å². The first-order chi connectivity index (χ1) is 8.72. The third-order valence-electron chi connectivity index (χ3n) is 2.83. The van der Waals surface area contributed by atoms with Crippen LogP contribution in [-0.2, 0) is 4.74 Å². The van der Waals surface area contributed by atoms with E-state index in [1.54, 1.807) is 7.11 Å². The van der Waals surface area contributed by atoms with Crippen LogP contribution in [0.1, 0.15) is 17.3 Å². The zero-order valence-electron chi connectivity index (χ0n) is 10.6. The molecule has 1 unspecified atom stereocenters. The van der Waals surface area contributed by atoms with E-state index in [4.69, 9.17) is 4.74 Å². The lowest BCUT2D eigenvalue weighted by Gasteiger charge is -2.13. The van der Waals surface area contributed by atoms with Gasteiger partial charge in [0.15, 0.2) is 0 Å². The Bertz CT molecular complexity index is 546. The molecule has 2 aromatic rings. The molecule has 0 saturated carbocycles. The van der Waals surface area contributed by atoms with Crippen molar-refractivity contribution in [2.24, 2.45) is 0 Å². The molecule has 0 aliphatic carbocycles. The minimum atomic E-state index is -0.0589. The topological polar surface area (TPSA) is 38.3 Å². The first-order valence-corrected chi connectivity index (χ1v) is 6.00. The number of amides is 1. The monoisotopic (exact) mass is 243 g/mol. The van der Waals surface area contributed by atoms with E-state index < -0.39 is 0 Å². The Kier molecular flexibility index (Phi) is 3.95. The summed E-state index contributed by atoms with van der Waals surface area (Å²) in [7, 11) is 1.63. The number of benzene rings is 2. The first kappa shape index (κ1) is 12.6. The molecule has 0 saturated heterocycles. The predicted molar refractivity (Wildman–Crippen MR) is 72.8 cm³/mol. The van der Waals surface area contributed by atoms with Crippen LogP contribution in [0.15, 0.2) is 42.5 Å². The van der Waals surface area contributed by atoms with Gasteiger partial charge in [-0.15, -0.1) is 0 Å². The molecule has 0 bridgehead atoms. The lowest BCUT2D eigenvalue weighted by Crippen LogP contribution is -2.35. The predicted octanol–water partition coefficient (Wildman–Crippen LogP) is 2.60. The van der Waals surface area contributed by atoms with Gasteiger partial charge in [0.05, 0.1) is 6.61 Å². The maximum atomic E-state index is 12.2. The van der Waals surface area contributed by atoms with Crippen molar-refractivity contribution in [1.29, 1.82) is 0 Å². The zero-order valence-corrected chi connectivity index (χ0v) is 10.6. The lowest BCUT2D eigenvalue weighted by atomic mass is 10.0. The smallest absolute Gasteiger partial charge is 0.252 e. The van der Waals surface area contributed by atoms with E-state index in [0.29, 0.717) is 12.2 Å². The average Bonchev–Trinajstić information content (AvgIpc) is 2.38. The summed E-state index contributed by atoms with van der Waals surface area (Å²) in [4.78, 5) is 12.2. The van der Waals surface area contributed by atoms with Crippen LogP contribution in [0, 0.1) is 0 Å². The van der Waals surface area contributed by atoms with Crippen LogP contribution < -0.4 is 5.32 Å². The van der Waals surface area contributed by atoms with Crippen LogP contribution in [0.2, 0.25) is 0 Å². The summed E-state index contributed by atoms with van der Waals surface area (Å²) in [6.07, 6.45) is 0. The Morgan fingerprint density at radius 1 is 1.22 bits per heavy atom. The summed E-state index contributed by atoms with van der Waals surface area (Å²) in [6.45, 7) is 2.43. The molecule has 0 aliphatic rings. The molecule has 3 nitrogen and oxygen atoms in total. The van der Waals surface area contributed by atoms with E-state index in [2.05, 4.69) is 5.32 Å². The molecular weight excluding hydrogens is 226 g/mol. The molecule has 0 radical (unpaired) electrons. The first-order valence-electron chi connectivity index (χ1n) is 6.00. The van der Waals surface area contributed by atoms with E-state index >= 15 is 0 Å². The molecule has 0 spiro atoms. The summed E-state index contributed by atoms with van der Waals surface area (Å²) in [5.74, 6) is -0.0589. The maximum absolute atomic E-state index is 12.2. The highest BCUT2D eigenvalue weighted by molar-refractivity contribution is 6.07. The van der Waals surface area contributed by atoms with Gasteiger partial charge in [-0.3, -0.25) is 4.79 Å². The van der Waals surface area contributed by atoms with Crippen molar-refractivity contribution >= 4 is 16.7 Å². The van der Waals surface area contributed by atoms with Crippen molar-refractivity contribution < 1.29 is 9.53 Å². The van der Waals surface area contributed by atoms with E-state index in [-0.39, 0.29) is 11.9 Å². The van der Waals surface area contributed by atoms with Crippen LogP contribution >= 0.6 is 0 Å². The molecular formula is C15H17NO2. The summed E-state index contributed by atoms with van der Waals surface area (Å²) in [6, 6.07) is 13.6. The van der Waals surface area contributed by atoms with Gasteiger partial charge in [-0.2, -0.15) is 0 Å². The molecule has 1 atom stereocenters. The molecule has 1 amide bonds. The van der Waals surface area contributed by atoms with Crippen molar-refractivity contribution in [3.05, 3.63) is 48.0 Å². The molecule has 0 aromatic heterocycles. The minimum Gasteiger partial charge on any atom is -0.383 e. The summed E-state index contributed by atoms with van der Waals surface area (Å²) < 4.78 is 5.01. The molecule has 94 valence electrons. The number of fused-ring (bicyclic) bond motifs is 1. The number of nitrogens with one attached hydrogen (secondary N) is 1. The van der Waals surface area contributed by atoms with Gasteiger partial charge < -0.3 is 10.1 Å². The van der Waals surface area contributed by atoms with E-state index in [9.17, 15) is 4.79 Å². The second-order valence-corrected chi connectivity index (χ2v) is 4.36. The average molecular weight is 243 g/mol. The fourth-order valence-electron chi connectivity index (χ4n) is 2.02. The van der Waals surface area contributed by atoms with Crippen molar-refractivity contribution in [2.75, 3.05) is 13.7 Å². The third kappa shape index (κ3) is 2.68. The Balaban J connectivity index is 2.28. The lowest BCUT2D eigenvalue weighted by molar-refractivity contribution is 0.0907. The van der Waals surface area contributed by atoms with Crippen LogP contribution in [0.3, 0.4) is 0 Å². The maximum Gasteiger partial charge on any atom is 0.252 e. The Morgan fingerprint density at radius 3 is 2.72 bits per heavy atom. The molecule has 2 rings (SSSR count). The van der Waals surface area contributed by atoms with Gasteiger partial charge in [0, 0.05) is 18.7 Å². The van der Waals surface area contributed by atoms with Gasteiger partial charge in [-0.05, 0) is 23.8 Å². The number of hydrogen-bond donors (Lipinski definition) is 1. The summed E-state index contributed by atoms with van der Waals surface area (Å²) >= 11 is 0. The fourth-order valence-corrected chi connectivity index (χ4v) is 2.02. The molecule has 0 fully saturated rings. The Labute approximate surface area is 107 Å². The zero-order chi connectivity index (χ0) is 13.0. The quantitative estimate of drug-likeness (QED) is 0.896. The highest BCUT2D eigenvalue weighted by atomic mass is 16.5. The molecule has 1 N–H and O–H groups in total. The second-order valence-electron chi connectivity index (χ2n) is 4.36.